The van der Waals surface area contributed by atoms with E-state index in [0.717, 1.165) is 28.1 Å². The van der Waals surface area contributed by atoms with E-state index in [9.17, 15) is 0 Å². The molecule has 0 saturated heterocycles. The molecule has 0 saturated carbocycles. The molecule has 0 amide bonds. The molecule has 75 heavy (non-hydrogen) atoms. The predicted molar refractivity (Wildman–Crippen MR) is 306 cm³/mol. The highest BCUT2D eigenvalue weighted by Gasteiger charge is 2.51. The second-order valence-electron chi connectivity index (χ2n) is 21.5. The van der Waals surface area contributed by atoms with Crippen molar-refractivity contribution in [1.29, 1.82) is 0 Å². The lowest BCUT2D eigenvalue weighted by Crippen LogP contribution is -2.30. The van der Waals surface area contributed by atoms with Crippen molar-refractivity contribution in [3.8, 4) is 56.4 Å². The standard InChI is InChI=1S/C70H51N5/c1-68(2)56-25-11-15-29-61(56)74(62-30-16-12-26-57(62)68)47-38-33-44(34-39-47)65-71-66(45-35-40-48(41-36-45)75-63-31-17-13-27-58(63)69(3,4)59-28-14-18-32-64(59)75)73-67(72-65)46-37-42-52-51-21-7-10-24-55(51)70(60(52)43-46)53-22-8-5-19-49(53)50-20-6-9-23-54(50)70/h5-43H,1-4H3. The van der Waals surface area contributed by atoms with Crippen molar-refractivity contribution in [2.24, 2.45) is 0 Å². The number of benzene rings is 10. The van der Waals surface area contributed by atoms with Gasteiger partial charge in [-0.05, 0) is 146 Å². The van der Waals surface area contributed by atoms with Gasteiger partial charge in [0.15, 0.2) is 17.5 Å². The number of nitrogens with zero attached hydrogens (tertiary/aromatic N) is 5. The fourth-order valence-electron chi connectivity index (χ4n) is 13.4. The minimum atomic E-state index is -0.499. The summed E-state index contributed by atoms with van der Waals surface area (Å²) >= 11 is 0. The Bertz CT molecular complexity index is 3820. The van der Waals surface area contributed by atoms with Crippen LogP contribution in [0.4, 0.5) is 34.1 Å². The van der Waals surface area contributed by atoms with Crippen molar-refractivity contribution in [1.82, 2.24) is 15.0 Å². The number of hydrogen-bond donors (Lipinski definition) is 0. The third-order valence-electron chi connectivity index (χ3n) is 16.9. The van der Waals surface area contributed by atoms with Crippen molar-refractivity contribution in [3.63, 3.8) is 0 Å². The molecule has 5 heteroatoms. The molecular weight excluding hydrogens is 911 g/mol. The Morgan fingerprint density at radius 3 is 0.907 bits per heavy atom. The molecule has 10 aromatic carbocycles. The van der Waals surface area contributed by atoms with Crippen LogP contribution in [0.3, 0.4) is 0 Å². The number of para-hydroxylation sites is 4. The van der Waals surface area contributed by atoms with Gasteiger partial charge in [0.1, 0.15) is 0 Å². The van der Waals surface area contributed by atoms with Gasteiger partial charge in [0.2, 0.25) is 0 Å². The van der Waals surface area contributed by atoms with Gasteiger partial charge >= 0.3 is 0 Å². The second-order valence-corrected chi connectivity index (χ2v) is 21.5. The average molecular weight is 962 g/mol. The lowest BCUT2D eigenvalue weighted by atomic mass is 9.70. The lowest BCUT2D eigenvalue weighted by Gasteiger charge is -2.42. The summed E-state index contributed by atoms with van der Waals surface area (Å²) in [5.41, 5.74) is 24.2. The minimum Gasteiger partial charge on any atom is -0.310 e. The fourth-order valence-corrected chi connectivity index (χ4v) is 13.4. The first-order chi connectivity index (χ1) is 36.7. The van der Waals surface area contributed by atoms with Gasteiger partial charge in [0.05, 0.1) is 28.2 Å². The molecule has 0 fully saturated rings. The maximum atomic E-state index is 5.42. The highest BCUT2D eigenvalue weighted by atomic mass is 15.2. The summed E-state index contributed by atoms with van der Waals surface area (Å²) in [4.78, 5) is 21.0. The molecule has 0 bridgehead atoms. The zero-order valence-electron chi connectivity index (χ0n) is 42.3. The number of rotatable bonds is 5. The van der Waals surface area contributed by atoms with Gasteiger partial charge in [0.25, 0.3) is 0 Å². The number of fused-ring (bicyclic) bond motifs is 14. The highest BCUT2D eigenvalue weighted by molar-refractivity contribution is 5.96. The first-order valence-electron chi connectivity index (χ1n) is 26.1. The summed E-state index contributed by atoms with van der Waals surface area (Å²) in [6, 6.07) is 86.4. The molecule has 356 valence electrons. The van der Waals surface area contributed by atoms with Crippen LogP contribution in [-0.4, -0.2) is 15.0 Å². The van der Waals surface area contributed by atoms with Crippen molar-refractivity contribution < 1.29 is 0 Å². The van der Waals surface area contributed by atoms with Gasteiger partial charge in [-0.25, -0.2) is 15.0 Å². The van der Waals surface area contributed by atoms with E-state index in [1.54, 1.807) is 0 Å². The van der Waals surface area contributed by atoms with E-state index in [0.29, 0.717) is 17.5 Å². The second kappa shape index (κ2) is 15.9. The van der Waals surface area contributed by atoms with Crippen LogP contribution < -0.4 is 9.80 Å². The Hall–Kier alpha value is -9.19. The smallest absolute Gasteiger partial charge is 0.164 e. The van der Waals surface area contributed by atoms with Crippen molar-refractivity contribution in [2.75, 3.05) is 9.80 Å². The normalized spacial score (nSPS) is 15.2. The largest absolute Gasteiger partial charge is 0.310 e. The van der Waals surface area contributed by atoms with Crippen LogP contribution in [0.25, 0.3) is 56.4 Å². The minimum absolute atomic E-state index is 0.149. The van der Waals surface area contributed by atoms with E-state index < -0.39 is 5.41 Å². The van der Waals surface area contributed by atoms with Gasteiger partial charge in [-0.1, -0.05) is 185 Å². The van der Waals surface area contributed by atoms with Crippen LogP contribution in [0.15, 0.2) is 237 Å². The van der Waals surface area contributed by atoms with E-state index in [2.05, 4.69) is 274 Å². The van der Waals surface area contributed by atoms with Crippen LogP contribution >= 0.6 is 0 Å². The third-order valence-corrected chi connectivity index (χ3v) is 16.9. The zero-order chi connectivity index (χ0) is 50.2. The number of anilines is 6. The average Bonchev–Trinajstić information content (AvgIpc) is 3.99. The SMILES string of the molecule is CC1(C)c2ccccc2N(c2ccc(-c3nc(-c4ccc(N5c6ccccc6C(C)(C)c6ccccc65)cc4)nc(-c4ccc5c(c4)C4(c6ccccc6-c6ccccc64)c4ccccc4-5)n3)cc2)c2ccccc21. The zero-order valence-corrected chi connectivity index (χ0v) is 42.3. The maximum Gasteiger partial charge on any atom is 0.164 e. The quantitative estimate of drug-likeness (QED) is 0.172. The third kappa shape index (κ3) is 6.10. The molecule has 11 aromatic rings. The molecule has 0 N–H and O–H groups in total. The van der Waals surface area contributed by atoms with Crippen molar-refractivity contribution in [2.45, 2.75) is 43.9 Å². The summed E-state index contributed by atoms with van der Waals surface area (Å²) in [7, 11) is 0. The molecule has 3 heterocycles. The maximum absolute atomic E-state index is 5.42. The van der Waals surface area contributed by atoms with Gasteiger partial charge in [-0.3, -0.25) is 0 Å². The van der Waals surface area contributed by atoms with E-state index in [1.807, 2.05) is 0 Å². The van der Waals surface area contributed by atoms with E-state index in [4.69, 9.17) is 15.0 Å². The number of aromatic nitrogens is 3. The van der Waals surface area contributed by atoms with E-state index in [-0.39, 0.29) is 10.8 Å². The Kier molecular flexibility index (Phi) is 9.20. The molecule has 0 atom stereocenters. The van der Waals surface area contributed by atoms with Crippen LogP contribution in [0, 0.1) is 0 Å². The van der Waals surface area contributed by atoms with Crippen LogP contribution in [0.2, 0.25) is 0 Å². The Morgan fingerprint density at radius 1 is 0.267 bits per heavy atom. The molecule has 0 radical (unpaired) electrons. The molecule has 5 nitrogen and oxygen atoms in total. The Morgan fingerprint density at radius 2 is 0.547 bits per heavy atom. The van der Waals surface area contributed by atoms with Gasteiger partial charge < -0.3 is 9.80 Å². The fraction of sp³-hybridized carbons (Fsp3) is 0.100. The number of hydrogen-bond acceptors (Lipinski definition) is 5. The monoisotopic (exact) mass is 961 g/mol. The van der Waals surface area contributed by atoms with Crippen LogP contribution in [0.5, 0.6) is 0 Å². The molecule has 2 aliphatic heterocycles. The highest BCUT2D eigenvalue weighted by Crippen LogP contribution is 2.63. The first-order valence-corrected chi connectivity index (χ1v) is 26.1. The Balaban J connectivity index is 0.891. The predicted octanol–water partition coefficient (Wildman–Crippen LogP) is 17.4. The van der Waals surface area contributed by atoms with Crippen LogP contribution in [-0.2, 0) is 16.2 Å². The summed E-state index contributed by atoms with van der Waals surface area (Å²) in [6.07, 6.45) is 0. The van der Waals surface area contributed by atoms with E-state index in [1.165, 1.54) is 89.5 Å². The van der Waals surface area contributed by atoms with Crippen molar-refractivity contribution in [3.05, 3.63) is 281 Å². The van der Waals surface area contributed by atoms with Gasteiger partial charge in [-0.2, -0.15) is 0 Å². The summed E-state index contributed by atoms with van der Waals surface area (Å²) < 4.78 is 0. The lowest BCUT2D eigenvalue weighted by molar-refractivity contribution is 0.632. The summed E-state index contributed by atoms with van der Waals surface area (Å²) in [5.74, 6) is 1.85. The first kappa shape index (κ1) is 43.4. The molecule has 1 aromatic heterocycles. The van der Waals surface area contributed by atoms with Crippen molar-refractivity contribution >= 4 is 34.1 Å². The van der Waals surface area contributed by atoms with Crippen LogP contribution in [0.1, 0.15) is 72.2 Å². The van der Waals surface area contributed by atoms with E-state index >= 15 is 0 Å². The molecule has 1 spiro atoms. The molecule has 4 aliphatic rings. The molecule has 0 unspecified atom stereocenters. The summed E-state index contributed by atoms with van der Waals surface area (Å²) in [6.45, 7) is 9.30. The van der Waals surface area contributed by atoms with Gasteiger partial charge in [0, 0.05) is 38.9 Å². The molecule has 2 aliphatic carbocycles. The topological polar surface area (TPSA) is 45.2 Å². The molecule has 15 rings (SSSR count). The summed E-state index contributed by atoms with van der Waals surface area (Å²) in [5, 5.41) is 0. The Labute approximate surface area is 438 Å². The molecular formula is C70H51N5. The van der Waals surface area contributed by atoms with Gasteiger partial charge in [-0.15, -0.1) is 0 Å².